The summed E-state index contributed by atoms with van der Waals surface area (Å²) in [7, 11) is -1.59. The molecule has 0 aliphatic heterocycles. The molecule has 8 aromatic carbocycles. The van der Waals surface area contributed by atoms with Crippen LogP contribution in [0.25, 0.3) is 76.5 Å². The number of benzene rings is 8. The Balaban J connectivity index is 1.55. The maximum atomic E-state index is 2.52. The predicted molar refractivity (Wildman–Crippen MR) is 196 cm³/mol. The van der Waals surface area contributed by atoms with Crippen molar-refractivity contribution in [3.8, 4) is 33.4 Å². The molecule has 0 amide bonds. The average Bonchev–Trinajstić information content (AvgIpc) is 3.06. The van der Waals surface area contributed by atoms with Crippen molar-refractivity contribution in [1.29, 1.82) is 0 Å². The van der Waals surface area contributed by atoms with E-state index in [9.17, 15) is 0 Å². The second kappa shape index (κ2) is 10.3. The summed E-state index contributed by atoms with van der Waals surface area (Å²) in [6, 6.07) is 56.4. The van der Waals surface area contributed by atoms with E-state index in [1.807, 2.05) is 0 Å². The Kier molecular flexibility index (Phi) is 6.25. The summed E-state index contributed by atoms with van der Waals surface area (Å²) in [6.45, 7) is 7.34. The number of hydrogen-bond donors (Lipinski definition) is 0. The summed E-state index contributed by atoms with van der Waals surface area (Å²) < 4.78 is 0. The van der Waals surface area contributed by atoms with E-state index in [1.54, 1.807) is 0 Å². The normalized spacial score (nSPS) is 12.0. The molecule has 0 bridgehead atoms. The lowest BCUT2D eigenvalue weighted by Gasteiger charge is -2.23. The SMILES string of the molecule is C[Si](C)(C)c1ccc2c(-c3ccccc3-c3cccc4ccccc34)c3ccccc3c(-c3cccc4ccccc34)c2c1. The first-order valence-corrected chi connectivity index (χ1v) is 19.0. The molecule has 0 saturated carbocycles. The van der Waals surface area contributed by atoms with Crippen molar-refractivity contribution in [2.24, 2.45) is 0 Å². The quantitative estimate of drug-likeness (QED) is 0.144. The molecule has 8 rings (SSSR count). The van der Waals surface area contributed by atoms with E-state index >= 15 is 0 Å². The Morgan fingerprint density at radius 2 is 0.750 bits per heavy atom. The molecular formula is C43H34Si. The predicted octanol–water partition coefficient (Wildman–Crippen LogP) is 11.8. The van der Waals surface area contributed by atoms with Gasteiger partial charge in [0.25, 0.3) is 0 Å². The highest BCUT2D eigenvalue weighted by atomic mass is 28.3. The van der Waals surface area contributed by atoms with Gasteiger partial charge in [0.2, 0.25) is 0 Å². The first-order chi connectivity index (χ1) is 21.5. The van der Waals surface area contributed by atoms with Gasteiger partial charge in [-0.2, -0.15) is 0 Å². The fraction of sp³-hybridized carbons (Fsp3) is 0.0698. The second-order valence-electron chi connectivity index (χ2n) is 12.9. The van der Waals surface area contributed by atoms with Crippen LogP contribution in [-0.2, 0) is 0 Å². The lowest BCUT2D eigenvalue weighted by molar-refractivity contribution is 1.63. The van der Waals surface area contributed by atoms with Crippen LogP contribution in [-0.4, -0.2) is 8.07 Å². The largest absolute Gasteiger partial charge is 0.0776 e. The molecule has 0 saturated heterocycles. The lowest BCUT2D eigenvalue weighted by Crippen LogP contribution is -2.37. The van der Waals surface area contributed by atoms with Gasteiger partial charge >= 0.3 is 0 Å². The minimum absolute atomic E-state index is 1.26. The van der Waals surface area contributed by atoms with Gasteiger partial charge in [-0.15, -0.1) is 0 Å². The average molecular weight is 579 g/mol. The summed E-state index contributed by atoms with van der Waals surface area (Å²) in [4.78, 5) is 0. The van der Waals surface area contributed by atoms with Gasteiger partial charge in [0.05, 0.1) is 8.07 Å². The highest BCUT2D eigenvalue weighted by molar-refractivity contribution is 6.88. The zero-order chi connectivity index (χ0) is 29.8. The molecule has 44 heavy (non-hydrogen) atoms. The summed E-state index contributed by atoms with van der Waals surface area (Å²) in [5, 5.41) is 11.8. The first-order valence-electron chi connectivity index (χ1n) is 15.5. The van der Waals surface area contributed by atoms with Crippen molar-refractivity contribution in [2.75, 3.05) is 0 Å². The number of rotatable bonds is 4. The molecule has 0 radical (unpaired) electrons. The Labute approximate surface area is 260 Å². The Morgan fingerprint density at radius 3 is 1.39 bits per heavy atom. The van der Waals surface area contributed by atoms with Crippen LogP contribution in [0.15, 0.2) is 152 Å². The van der Waals surface area contributed by atoms with E-state index in [2.05, 4.69) is 171 Å². The van der Waals surface area contributed by atoms with Crippen molar-refractivity contribution in [3.63, 3.8) is 0 Å². The smallest absolute Gasteiger partial charge is 0.0656 e. The lowest BCUT2D eigenvalue weighted by atomic mass is 9.82. The maximum Gasteiger partial charge on any atom is 0.0776 e. The van der Waals surface area contributed by atoms with Gasteiger partial charge in [-0.05, 0) is 76.5 Å². The van der Waals surface area contributed by atoms with Crippen LogP contribution in [0.3, 0.4) is 0 Å². The van der Waals surface area contributed by atoms with Gasteiger partial charge in [-0.3, -0.25) is 0 Å². The van der Waals surface area contributed by atoms with Crippen LogP contribution in [0, 0.1) is 0 Å². The molecule has 0 aliphatic carbocycles. The highest BCUT2D eigenvalue weighted by Crippen LogP contribution is 2.47. The van der Waals surface area contributed by atoms with E-state index in [1.165, 1.54) is 81.7 Å². The third-order valence-corrected chi connectivity index (χ3v) is 11.3. The van der Waals surface area contributed by atoms with E-state index < -0.39 is 8.07 Å². The fourth-order valence-corrected chi connectivity index (χ4v) is 8.23. The van der Waals surface area contributed by atoms with Crippen LogP contribution in [0.4, 0.5) is 0 Å². The zero-order valence-electron chi connectivity index (χ0n) is 25.4. The van der Waals surface area contributed by atoms with Gasteiger partial charge in [0.1, 0.15) is 0 Å². The zero-order valence-corrected chi connectivity index (χ0v) is 26.4. The van der Waals surface area contributed by atoms with Gasteiger partial charge < -0.3 is 0 Å². The Morgan fingerprint density at radius 1 is 0.318 bits per heavy atom. The van der Waals surface area contributed by atoms with Crippen molar-refractivity contribution in [1.82, 2.24) is 0 Å². The molecule has 8 aromatic rings. The van der Waals surface area contributed by atoms with Gasteiger partial charge in [-0.1, -0.05) is 176 Å². The monoisotopic (exact) mass is 578 g/mol. The topological polar surface area (TPSA) is 0 Å². The standard InChI is InChI=1S/C43H34Si/c1-44(2,3)31-26-27-40-41(28-31)43(36-25-13-17-30-15-5-7-19-33(30)36)39-23-11-10-22-38(39)42(40)37-21-9-8-20-35(37)34-24-12-16-29-14-4-6-18-32(29)34/h4-28H,1-3H3. The minimum Gasteiger partial charge on any atom is -0.0656 e. The third-order valence-electron chi connectivity index (χ3n) is 9.23. The second-order valence-corrected chi connectivity index (χ2v) is 18.0. The fourth-order valence-electron chi connectivity index (χ4n) is 7.06. The van der Waals surface area contributed by atoms with Gasteiger partial charge in [0, 0.05) is 0 Å². The molecule has 0 atom stereocenters. The maximum absolute atomic E-state index is 2.52. The van der Waals surface area contributed by atoms with Gasteiger partial charge in [0.15, 0.2) is 0 Å². The van der Waals surface area contributed by atoms with Crippen LogP contribution < -0.4 is 5.19 Å². The Hall–Kier alpha value is -4.98. The van der Waals surface area contributed by atoms with Gasteiger partial charge in [-0.25, -0.2) is 0 Å². The van der Waals surface area contributed by atoms with E-state index in [0.717, 1.165) is 0 Å². The first kappa shape index (κ1) is 26.6. The molecule has 0 unspecified atom stereocenters. The molecule has 0 spiro atoms. The molecular weight excluding hydrogens is 545 g/mol. The summed E-state index contributed by atoms with van der Waals surface area (Å²) >= 11 is 0. The van der Waals surface area contributed by atoms with Crippen molar-refractivity contribution in [2.45, 2.75) is 19.6 Å². The van der Waals surface area contributed by atoms with Crippen LogP contribution in [0.1, 0.15) is 0 Å². The third kappa shape index (κ3) is 4.27. The van der Waals surface area contributed by atoms with Crippen molar-refractivity contribution < 1.29 is 0 Å². The van der Waals surface area contributed by atoms with Crippen LogP contribution >= 0.6 is 0 Å². The summed E-state index contributed by atoms with van der Waals surface area (Å²) in [5.74, 6) is 0. The molecule has 210 valence electrons. The van der Waals surface area contributed by atoms with E-state index in [-0.39, 0.29) is 0 Å². The molecule has 0 N–H and O–H groups in total. The minimum atomic E-state index is -1.59. The molecule has 0 aromatic heterocycles. The molecule has 0 aliphatic rings. The van der Waals surface area contributed by atoms with E-state index in [0.29, 0.717) is 0 Å². The van der Waals surface area contributed by atoms with Crippen molar-refractivity contribution in [3.05, 3.63) is 152 Å². The summed E-state index contributed by atoms with van der Waals surface area (Å²) in [5.41, 5.74) is 7.75. The van der Waals surface area contributed by atoms with Crippen LogP contribution in [0.5, 0.6) is 0 Å². The summed E-state index contributed by atoms with van der Waals surface area (Å²) in [6.07, 6.45) is 0. The number of fused-ring (bicyclic) bond motifs is 4. The molecule has 0 nitrogen and oxygen atoms in total. The highest BCUT2D eigenvalue weighted by Gasteiger charge is 2.23. The number of hydrogen-bond acceptors (Lipinski definition) is 0. The Bertz CT molecular complexity index is 2360. The van der Waals surface area contributed by atoms with E-state index in [4.69, 9.17) is 0 Å². The van der Waals surface area contributed by atoms with Crippen LogP contribution in [0.2, 0.25) is 19.6 Å². The molecule has 0 heterocycles. The van der Waals surface area contributed by atoms with Crippen molar-refractivity contribution >= 4 is 56.4 Å². The molecule has 0 fully saturated rings. The molecule has 1 heteroatoms.